The van der Waals surface area contributed by atoms with E-state index in [9.17, 15) is 13.6 Å². The molecule has 0 aromatic heterocycles. The van der Waals surface area contributed by atoms with Crippen LogP contribution in [0.5, 0.6) is 0 Å². The normalized spacial score (nSPS) is 10.1. The molecule has 5 heteroatoms. The number of carbonyl (C=O) groups excluding carboxylic acids is 1. The van der Waals surface area contributed by atoms with Gasteiger partial charge in [0.05, 0.1) is 17.5 Å². The summed E-state index contributed by atoms with van der Waals surface area (Å²) in [4.78, 5) is 11.0. The van der Waals surface area contributed by atoms with Gasteiger partial charge >= 0.3 is 5.97 Å². The molecule has 0 bridgehead atoms. The van der Waals surface area contributed by atoms with E-state index in [0.717, 1.165) is 12.1 Å². The van der Waals surface area contributed by atoms with Crippen molar-refractivity contribution < 1.29 is 18.3 Å². The lowest BCUT2D eigenvalue weighted by molar-refractivity contribution is -0.142. The highest BCUT2D eigenvalue weighted by Gasteiger charge is 2.12. The average molecular weight is 279 g/mol. The van der Waals surface area contributed by atoms with Gasteiger partial charge in [0.1, 0.15) is 11.6 Å². The van der Waals surface area contributed by atoms with Gasteiger partial charge in [0.15, 0.2) is 0 Å². The Hall–Kier alpha value is -0.970. The van der Waals surface area contributed by atoms with E-state index in [0.29, 0.717) is 0 Å². The van der Waals surface area contributed by atoms with Crippen molar-refractivity contribution in [2.45, 2.75) is 13.3 Å². The summed E-state index contributed by atoms with van der Waals surface area (Å²) in [6, 6.07) is 1.97. The van der Waals surface area contributed by atoms with Crippen LogP contribution in [-0.2, 0) is 16.0 Å². The number of esters is 1. The van der Waals surface area contributed by atoms with E-state index in [-0.39, 0.29) is 23.1 Å². The van der Waals surface area contributed by atoms with E-state index in [1.807, 2.05) is 0 Å². The molecule has 1 aromatic rings. The fourth-order valence-corrected chi connectivity index (χ4v) is 1.38. The number of halogens is 3. The zero-order chi connectivity index (χ0) is 11.4. The van der Waals surface area contributed by atoms with Gasteiger partial charge in [0.25, 0.3) is 0 Å². The van der Waals surface area contributed by atoms with E-state index in [1.165, 1.54) is 0 Å². The lowest BCUT2D eigenvalue weighted by Gasteiger charge is -2.04. The highest BCUT2D eigenvalue weighted by atomic mass is 79.9. The van der Waals surface area contributed by atoms with Gasteiger partial charge in [-0.3, -0.25) is 4.79 Å². The SMILES string of the molecule is CCOC(=O)Cc1cc(F)c(Br)cc1F. The summed E-state index contributed by atoms with van der Waals surface area (Å²) in [5.41, 5.74) is -0.00542. The Morgan fingerprint density at radius 1 is 1.40 bits per heavy atom. The molecule has 0 radical (unpaired) electrons. The third-order valence-electron chi connectivity index (χ3n) is 1.73. The molecule has 0 heterocycles. The van der Waals surface area contributed by atoms with Crippen molar-refractivity contribution in [3.63, 3.8) is 0 Å². The zero-order valence-corrected chi connectivity index (χ0v) is 9.61. The molecule has 0 atom stereocenters. The minimum absolute atomic E-state index is 0.00542. The van der Waals surface area contributed by atoms with Crippen molar-refractivity contribution in [3.8, 4) is 0 Å². The van der Waals surface area contributed by atoms with Crippen molar-refractivity contribution in [2.75, 3.05) is 6.61 Å². The number of rotatable bonds is 3. The Kier molecular flexibility index (Phi) is 4.20. The fraction of sp³-hybridized carbons (Fsp3) is 0.300. The van der Waals surface area contributed by atoms with Crippen LogP contribution in [0.1, 0.15) is 12.5 Å². The Labute approximate surface area is 94.4 Å². The van der Waals surface area contributed by atoms with Gasteiger partial charge in [-0.1, -0.05) is 0 Å². The summed E-state index contributed by atoms with van der Waals surface area (Å²) in [5, 5.41) is 0. The second-order valence-electron chi connectivity index (χ2n) is 2.84. The van der Waals surface area contributed by atoms with Crippen molar-refractivity contribution in [3.05, 3.63) is 33.8 Å². The first kappa shape index (κ1) is 12.1. The predicted molar refractivity (Wildman–Crippen MR) is 54.4 cm³/mol. The van der Waals surface area contributed by atoms with Crippen molar-refractivity contribution in [1.29, 1.82) is 0 Å². The van der Waals surface area contributed by atoms with Crippen LogP contribution in [0.2, 0.25) is 0 Å². The molecule has 0 saturated heterocycles. The number of ether oxygens (including phenoxy) is 1. The summed E-state index contributed by atoms with van der Waals surface area (Å²) in [5.74, 6) is -1.80. The van der Waals surface area contributed by atoms with E-state index in [4.69, 9.17) is 0 Å². The molecule has 82 valence electrons. The number of carbonyl (C=O) groups is 1. The molecule has 15 heavy (non-hydrogen) atoms. The van der Waals surface area contributed by atoms with Crippen molar-refractivity contribution in [1.82, 2.24) is 0 Å². The molecule has 0 saturated carbocycles. The average Bonchev–Trinajstić information content (AvgIpc) is 2.14. The molecule has 0 fully saturated rings. The number of benzene rings is 1. The summed E-state index contributed by atoms with van der Waals surface area (Å²) >= 11 is 2.85. The molecule has 0 N–H and O–H groups in total. The Morgan fingerprint density at radius 3 is 2.67 bits per heavy atom. The minimum atomic E-state index is -0.628. The maximum absolute atomic E-state index is 13.2. The highest BCUT2D eigenvalue weighted by Crippen LogP contribution is 2.20. The molecule has 0 aliphatic rings. The first-order chi connectivity index (χ1) is 7.04. The Morgan fingerprint density at radius 2 is 2.07 bits per heavy atom. The Bertz CT molecular complexity index is 380. The van der Waals surface area contributed by atoms with Gasteiger partial charge in [0, 0.05) is 5.56 Å². The van der Waals surface area contributed by atoms with Crippen molar-refractivity contribution >= 4 is 21.9 Å². The van der Waals surface area contributed by atoms with Crippen LogP contribution in [0.4, 0.5) is 8.78 Å². The quantitative estimate of drug-likeness (QED) is 0.628. The summed E-state index contributed by atoms with van der Waals surface area (Å²) < 4.78 is 30.9. The van der Waals surface area contributed by atoms with Gasteiger partial charge in [-0.25, -0.2) is 8.78 Å². The van der Waals surface area contributed by atoms with E-state index < -0.39 is 17.6 Å². The Balaban J connectivity index is 2.86. The topological polar surface area (TPSA) is 26.3 Å². The first-order valence-electron chi connectivity index (χ1n) is 4.33. The molecule has 1 rings (SSSR count). The second-order valence-corrected chi connectivity index (χ2v) is 3.69. The molecule has 0 unspecified atom stereocenters. The maximum Gasteiger partial charge on any atom is 0.310 e. The minimum Gasteiger partial charge on any atom is -0.466 e. The molecule has 2 nitrogen and oxygen atoms in total. The predicted octanol–water partition coefficient (Wildman–Crippen LogP) is 2.83. The van der Waals surface area contributed by atoms with E-state index in [1.54, 1.807) is 6.92 Å². The second kappa shape index (κ2) is 5.21. The lowest BCUT2D eigenvalue weighted by Crippen LogP contribution is -2.09. The van der Waals surface area contributed by atoms with Crippen LogP contribution in [0.25, 0.3) is 0 Å². The third-order valence-corrected chi connectivity index (χ3v) is 2.34. The van der Waals surface area contributed by atoms with Crippen LogP contribution in [0.3, 0.4) is 0 Å². The summed E-state index contributed by atoms with van der Waals surface area (Å²) in [6.07, 6.45) is -0.260. The molecular weight excluding hydrogens is 270 g/mol. The molecule has 0 aliphatic heterocycles. The molecule has 1 aromatic carbocycles. The van der Waals surface area contributed by atoms with Gasteiger partial charge in [-0.05, 0) is 35.0 Å². The molecule has 0 amide bonds. The largest absolute Gasteiger partial charge is 0.466 e. The summed E-state index contributed by atoms with van der Waals surface area (Å²) in [7, 11) is 0. The third kappa shape index (κ3) is 3.27. The van der Waals surface area contributed by atoms with Gasteiger partial charge < -0.3 is 4.74 Å². The number of hydrogen-bond acceptors (Lipinski definition) is 2. The van der Waals surface area contributed by atoms with E-state index in [2.05, 4.69) is 20.7 Å². The van der Waals surface area contributed by atoms with E-state index >= 15 is 0 Å². The molecule has 0 spiro atoms. The first-order valence-corrected chi connectivity index (χ1v) is 5.13. The summed E-state index contributed by atoms with van der Waals surface area (Å²) in [6.45, 7) is 1.87. The maximum atomic E-state index is 13.2. The molecular formula is C10H9BrF2O2. The van der Waals surface area contributed by atoms with Gasteiger partial charge in [-0.15, -0.1) is 0 Å². The monoisotopic (exact) mass is 278 g/mol. The van der Waals surface area contributed by atoms with Crippen molar-refractivity contribution in [2.24, 2.45) is 0 Å². The van der Waals surface area contributed by atoms with Gasteiger partial charge in [-0.2, -0.15) is 0 Å². The number of hydrogen-bond donors (Lipinski definition) is 0. The molecule has 0 aliphatic carbocycles. The zero-order valence-electron chi connectivity index (χ0n) is 8.02. The van der Waals surface area contributed by atoms with Crippen LogP contribution >= 0.6 is 15.9 Å². The van der Waals surface area contributed by atoms with Crippen LogP contribution in [-0.4, -0.2) is 12.6 Å². The van der Waals surface area contributed by atoms with Crippen LogP contribution in [0, 0.1) is 11.6 Å². The van der Waals surface area contributed by atoms with Crippen LogP contribution < -0.4 is 0 Å². The standard InChI is InChI=1S/C10H9BrF2O2/c1-2-15-10(14)4-6-3-9(13)7(11)5-8(6)12/h3,5H,2,4H2,1H3. The van der Waals surface area contributed by atoms with Gasteiger partial charge in [0.2, 0.25) is 0 Å². The highest BCUT2D eigenvalue weighted by molar-refractivity contribution is 9.10. The lowest BCUT2D eigenvalue weighted by atomic mass is 10.1. The smallest absolute Gasteiger partial charge is 0.310 e. The fourth-order valence-electron chi connectivity index (χ4n) is 1.07. The van der Waals surface area contributed by atoms with Crippen LogP contribution in [0.15, 0.2) is 16.6 Å².